The Bertz CT molecular complexity index is 927. The highest BCUT2D eigenvalue weighted by atomic mass is 16.4. The first kappa shape index (κ1) is 24.3. The van der Waals surface area contributed by atoms with Gasteiger partial charge in [-0.25, -0.2) is 9.59 Å². The summed E-state index contributed by atoms with van der Waals surface area (Å²) in [6.45, 7) is 1.09. The van der Waals surface area contributed by atoms with Crippen molar-refractivity contribution in [2.75, 3.05) is 13.1 Å². The standard InChI is InChI=1S/C23H24N2O.C2H2O4/c26-22(18-24-17-16-19-10-4-1-5-11-19)25-23(20-12-6-2-7-13-20)21-14-8-3-9-15-21;3-1(4)2(5)6/h1-15,23-24H,16-18H2,(H,25,26);(H,3,4)(H,5,6). The number of benzene rings is 3. The van der Waals surface area contributed by atoms with Crippen LogP contribution in [-0.4, -0.2) is 41.1 Å². The number of carboxylic acids is 2. The van der Waals surface area contributed by atoms with Crippen molar-refractivity contribution in [1.29, 1.82) is 0 Å². The highest BCUT2D eigenvalue weighted by Gasteiger charge is 2.16. The van der Waals surface area contributed by atoms with Crippen LogP contribution in [0.15, 0.2) is 91.0 Å². The van der Waals surface area contributed by atoms with E-state index in [1.165, 1.54) is 5.56 Å². The van der Waals surface area contributed by atoms with E-state index in [4.69, 9.17) is 19.8 Å². The Labute approximate surface area is 186 Å². The SMILES string of the molecule is O=C(CNCCc1ccccc1)NC(c1ccccc1)c1ccccc1.O=C(O)C(=O)O. The van der Waals surface area contributed by atoms with E-state index in [1.54, 1.807) is 0 Å². The van der Waals surface area contributed by atoms with Crippen molar-refractivity contribution in [2.45, 2.75) is 12.5 Å². The molecule has 1 amide bonds. The van der Waals surface area contributed by atoms with Crippen molar-refractivity contribution < 1.29 is 24.6 Å². The summed E-state index contributed by atoms with van der Waals surface area (Å²) in [5.74, 6) is -3.65. The summed E-state index contributed by atoms with van der Waals surface area (Å²) in [4.78, 5) is 30.6. The Balaban J connectivity index is 0.000000534. The second-order valence-corrected chi connectivity index (χ2v) is 6.84. The second kappa shape index (κ2) is 13.4. The minimum atomic E-state index is -1.82. The molecule has 0 bridgehead atoms. The zero-order valence-electron chi connectivity index (χ0n) is 17.5. The third kappa shape index (κ3) is 8.81. The minimum absolute atomic E-state index is 0.00392. The first-order valence-electron chi connectivity index (χ1n) is 10.1. The van der Waals surface area contributed by atoms with Gasteiger partial charge in [0.05, 0.1) is 12.6 Å². The number of carbonyl (C=O) groups is 3. The van der Waals surface area contributed by atoms with E-state index in [1.807, 2.05) is 78.9 Å². The lowest BCUT2D eigenvalue weighted by Gasteiger charge is -2.20. The number of amides is 1. The first-order valence-corrected chi connectivity index (χ1v) is 10.1. The van der Waals surface area contributed by atoms with E-state index in [-0.39, 0.29) is 11.9 Å². The Morgan fingerprint density at radius 3 is 1.56 bits per heavy atom. The van der Waals surface area contributed by atoms with Gasteiger partial charge in [-0.2, -0.15) is 0 Å². The molecule has 0 spiro atoms. The molecule has 4 N–H and O–H groups in total. The molecule has 0 saturated carbocycles. The molecular formula is C25H26N2O5. The lowest BCUT2D eigenvalue weighted by molar-refractivity contribution is -0.159. The summed E-state index contributed by atoms with van der Waals surface area (Å²) >= 11 is 0. The highest BCUT2D eigenvalue weighted by molar-refractivity contribution is 6.27. The largest absolute Gasteiger partial charge is 0.473 e. The first-order chi connectivity index (χ1) is 15.5. The fourth-order valence-electron chi connectivity index (χ4n) is 2.94. The Hall–Kier alpha value is -3.97. The number of nitrogens with one attached hydrogen (secondary N) is 2. The lowest BCUT2D eigenvalue weighted by Crippen LogP contribution is -2.37. The van der Waals surface area contributed by atoms with Gasteiger partial charge in [-0.05, 0) is 29.7 Å². The van der Waals surface area contributed by atoms with Gasteiger partial charge in [0, 0.05) is 0 Å². The van der Waals surface area contributed by atoms with Crippen molar-refractivity contribution in [1.82, 2.24) is 10.6 Å². The summed E-state index contributed by atoms with van der Waals surface area (Å²) in [5, 5.41) is 21.2. The van der Waals surface area contributed by atoms with Crippen molar-refractivity contribution in [3.63, 3.8) is 0 Å². The molecule has 0 aliphatic rings. The van der Waals surface area contributed by atoms with Crippen LogP contribution in [0, 0.1) is 0 Å². The molecule has 0 aliphatic carbocycles. The fourth-order valence-corrected chi connectivity index (χ4v) is 2.94. The third-order valence-electron chi connectivity index (χ3n) is 4.47. The number of hydrogen-bond donors (Lipinski definition) is 4. The van der Waals surface area contributed by atoms with Crippen LogP contribution in [0.2, 0.25) is 0 Å². The average Bonchev–Trinajstić information content (AvgIpc) is 2.82. The Morgan fingerprint density at radius 1 is 0.688 bits per heavy atom. The van der Waals surface area contributed by atoms with Crippen molar-refractivity contribution in [2.24, 2.45) is 0 Å². The van der Waals surface area contributed by atoms with E-state index < -0.39 is 11.9 Å². The van der Waals surface area contributed by atoms with Crippen LogP contribution in [0.3, 0.4) is 0 Å². The second-order valence-electron chi connectivity index (χ2n) is 6.84. The Kier molecular flexibility index (Phi) is 10.1. The maximum atomic E-state index is 12.4. The van der Waals surface area contributed by atoms with Crippen LogP contribution < -0.4 is 10.6 Å². The van der Waals surface area contributed by atoms with Crippen molar-refractivity contribution in [3.8, 4) is 0 Å². The van der Waals surface area contributed by atoms with E-state index in [9.17, 15) is 4.79 Å². The molecule has 32 heavy (non-hydrogen) atoms. The average molecular weight is 434 g/mol. The quantitative estimate of drug-likeness (QED) is 0.320. The molecule has 0 aliphatic heterocycles. The number of rotatable bonds is 8. The number of carboxylic acid groups (broad SMARTS) is 2. The normalized spacial score (nSPS) is 10.0. The summed E-state index contributed by atoms with van der Waals surface area (Å²) in [6, 6.07) is 30.3. The van der Waals surface area contributed by atoms with Crippen molar-refractivity contribution in [3.05, 3.63) is 108 Å². The van der Waals surface area contributed by atoms with E-state index in [0.717, 1.165) is 24.1 Å². The van der Waals surface area contributed by atoms with Gasteiger partial charge in [-0.3, -0.25) is 4.79 Å². The van der Waals surface area contributed by atoms with Crippen LogP contribution >= 0.6 is 0 Å². The number of aliphatic carboxylic acids is 2. The number of carbonyl (C=O) groups excluding carboxylic acids is 1. The molecule has 0 aromatic heterocycles. The van der Waals surface area contributed by atoms with Gasteiger partial charge >= 0.3 is 11.9 Å². The van der Waals surface area contributed by atoms with E-state index in [2.05, 4.69) is 22.8 Å². The summed E-state index contributed by atoms with van der Waals surface area (Å²) in [5.41, 5.74) is 3.43. The van der Waals surface area contributed by atoms with Gasteiger partial charge in [-0.1, -0.05) is 91.0 Å². The predicted octanol–water partition coefficient (Wildman–Crippen LogP) is 2.88. The molecule has 3 aromatic carbocycles. The molecule has 0 fully saturated rings. The van der Waals surface area contributed by atoms with Crippen LogP contribution in [0.1, 0.15) is 22.7 Å². The molecule has 0 atom stereocenters. The minimum Gasteiger partial charge on any atom is -0.473 e. The zero-order valence-corrected chi connectivity index (χ0v) is 17.5. The molecule has 7 nitrogen and oxygen atoms in total. The third-order valence-corrected chi connectivity index (χ3v) is 4.47. The molecule has 0 saturated heterocycles. The maximum absolute atomic E-state index is 12.4. The summed E-state index contributed by atoms with van der Waals surface area (Å²) in [7, 11) is 0. The Morgan fingerprint density at radius 2 is 1.12 bits per heavy atom. The zero-order chi connectivity index (χ0) is 23.2. The molecule has 166 valence electrons. The van der Waals surface area contributed by atoms with Crippen LogP contribution in [0.4, 0.5) is 0 Å². The molecule has 0 heterocycles. The van der Waals surface area contributed by atoms with Gasteiger partial charge in [0.15, 0.2) is 0 Å². The van der Waals surface area contributed by atoms with Gasteiger partial charge < -0.3 is 20.8 Å². The predicted molar refractivity (Wildman–Crippen MR) is 121 cm³/mol. The van der Waals surface area contributed by atoms with Crippen LogP contribution in [0.5, 0.6) is 0 Å². The van der Waals surface area contributed by atoms with Gasteiger partial charge in [-0.15, -0.1) is 0 Å². The van der Waals surface area contributed by atoms with Crippen molar-refractivity contribution >= 4 is 17.8 Å². The molecule has 0 radical (unpaired) electrons. The lowest BCUT2D eigenvalue weighted by atomic mass is 9.99. The molecule has 0 unspecified atom stereocenters. The van der Waals surface area contributed by atoms with Crippen LogP contribution in [0.25, 0.3) is 0 Å². The van der Waals surface area contributed by atoms with Gasteiger partial charge in [0.2, 0.25) is 5.91 Å². The van der Waals surface area contributed by atoms with E-state index >= 15 is 0 Å². The molecule has 3 rings (SSSR count). The summed E-state index contributed by atoms with van der Waals surface area (Å²) in [6.07, 6.45) is 0.912. The number of hydrogen-bond acceptors (Lipinski definition) is 4. The molecule has 3 aromatic rings. The van der Waals surface area contributed by atoms with E-state index in [0.29, 0.717) is 6.54 Å². The van der Waals surface area contributed by atoms with Crippen LogP contribution in [-0.2, 0) is 20.8 Å². The topological polar surface area (TPSA) is 116 Å². The van der Waals surface area contributed by atoms with Gasteiger partial charge in [0.1, 0.15) is 0 Å². The summed E-state index contributed by atoms with van der Waals surface area (Å²) < 4.78 is 0. The maximum Gasteiger partial charge on any atom is 0.414 e. The fraction of sp³-hybridized carbons (Fsp3) is 0.160. The van der Waals surface area contributed by atoms with Gasteiger partial charge in [0.25, 0.3) is 0 Å². The monoisotopic (exact) mass is 434 g/mol. The molecular weight excluding hydrogens is 408 g/mol. The molecule has 7 heteroatoms. The smallest absolute Gasteiger partial charge is 0.414 e. The highest BCUT2D eigenvalue weighted by Crippen LogP contribution is 2.21.